The van der Waals surface area contributed by atoms with Gasteiger partial charge in [0.1, 0.15) is 0 Å². The van der Waals surface area contributed by atoms with E-state index in [1.807, 2.05) is 109 Å². The SMILES string of the molecule is C=CC(=O)ON=C(C)c1ccc(N(c2ccc(C(=O)c3cccc(C)c3)cc2)c2ccc(C(C)=NOC(C)=O)cc2)cc1. The normalized spacial score (nSPS) is 11.4. The van der Waals surface area contributed by atoms with Crippen molar-refractivity contribution in [2.45, 2.75) is 27.7 Å². The number of benzene rings is 4. The molecule has 8 nitrogen and oxygen atoms in total. The van der Waals surface area contributed by atoms with Gasteiger partial charge in [-0.15, -0.1) is 0 Å². The Labute approximate surface area is 250 Å². The summed E-state index contributed by atoms with van der Waals surface area (Å²) in [6.45, 7) is 10.1. The first-order valence-electron chi connectivity index (χ1n) is 13.5. The van der Waals surface area contributed by atoms with Crippen LogP contribution in [0.4, 0.5) is 17.1 Å². The van der Waals surface area contributed by atoms with Gasteiger partial charge in [-0.1, -0.05) is 64.9 Å². The van der Waals surface area contributed by atoms with Gasteiger partial charge in [-0.2, -0.15) is 0 Å². The van der Waals surface area contributed by atoms with E-state index in [0.717, 1.165) is 39.8 Å². The van der Waals surface area contributed by atoms with Crippen molar-refractivity contribution in [3.63, 3.8) is 0 Å². The predicted octanol–water partition coefficient (Wildman–Crippen LogP) is 7.44. The van der Waals surface area contributed by atoms with E-state index in [0.29, 0.717) is 22.6 Å². The Bertz CT molecular complexity index is 1700. The standard InChI is InChI=1S/C35H31N3O5/c1-6-34(40)43-37-25(4)28-12-18-32(19-13-28)38(31-16-10-27(11-17-31)24(3)36-42-26(5)39)33-20-14-29(15-21-33)35(41)30-9-7-8-23(2)22-30/h6-22H,1H2,2-5H3. The summed E-state index contributed by atoms with van der Waals surface area (Å²) in [4.78, 5) is 47.3. The van der Waals surface area contributed by atoms with Crippen LogP contribution in [0.3, 0.4) is 0 Å². The molecule has 0 unspecified atom stereocenters. The molecule has 0 fully saturated rings. The molecule has 0 aliphatic carbocycles. The fraction of sp³-hybridized carbons (Fsp3) is 0.114. The number of carbonyl (C=O) groups excluding carboxylic acids is 3. The van der Waals surface area contributed by atoms with Gasteiger partial charge in [0.05, 0.1) is 11.4 Å². The van der Waals surface area contributed by atoms with Crippen LogP contribution in [0.25, 0.3) is 0 Å². The second kappa shape index (κ2) is 13.8. The lowest BCUT2D eigenvalue weighted by atomic mass is 10.0. The summed E-state index contributed by atoms with van der Waals surface area (Å²) in [5.74, 6) is -1.18. The molecule has 8 heteroatoms. The van der Waals surface area contributed by atoms with Crippen LogP contribution in [0.5, 0.6) is 0 Å². The molecule has 0 saturated heterocycles. The van der Waals surface area contributed by atoms with Gasteiger partial charge >= 0.3 is 11.9 Å². The van der Waals surface area contributed by atoms with Gasteiger partial charge in [0.15, 0.2) is 5.78 Å². The Morgan fingerprint density at radius 1 is 0.651 bits per heavy atom. The number of nitrogens with zero attached hydrogens (tertiary/aromatic N) is 3. The van der Waals surface area contributed by atoms with Crippen LogP contribution in [0.2, 0.25) is 0 Å². The Hall–Kier alpha value is -5.63. The predicted molar refractivity (Wildman–Crippen MR) is 168 cm³/mol. The van der Waals surface area contributed by atoms with E-state index >= 15 is 0 Å². The van der Waals surface area contributed by atoms with Crippen molar-refractivity contribution in [3.8, 4) is 0 Å². The fourth-order valence-corrected chi connectivity index (χ4v) is 4.25. The van der Waals surface area contributed by atoms with E-state index in [1.165, 1.54) is 6.92 Å². The topological polar surface area (TPSA) is 97.6 Å². The smallest absolute Gasteiger partial charge is 0.318 e. The van der Waals surface area contributed by atoms with Crippen LogP contribution in [-0.4, -0.2) is 29.1 Å². The zero-order valence-corrected chi connectivity index (χ0v) is 24.4. The van der Waals surface area contributed by atoms with Gasteiger partial charge < -0.3 is 14.6 Å². The van der Waals surface area contributed by atoms with Crippen LogP contribution < -0.4 is 4.90 Å². The molecular formula is C35H31N3O5. The molecule has 0 heterocycles. The highest BCUT2D eigenvalue weighted by Crippen LogP contribution is 2.35. The van der Waals surface area contributed by atoms with Crippen molar-refractivity contribution >= 4 is 46.2 Å². The molecule has 4 aromatic rings. The Morgan fingerprint density at radius 3 is 1.56 bits per heavy atom. The van der Waals surface area contributed by atoms with Gasteiger partial charge in [0.25, 0.3) is 0 Å². The van der Waals surface area contributed by atoms with Gasteiger partial charge in [-0.3, -0.25) is 4.79 Å². The highest BCUT2D eigenvalue weighted by atomic mass is 16.7. The lowest BCUT2D eigenvalue weighted by Gasteiger charge is -2.26. The van der Waals surface area contributed by atoms with Gasteiger partial charge in [0.2, 0.25) is 0 Å². The van der Waals surface area contributed by atoms with Gasteiger partial charge in [-0.25, -0.2) is 9.59 Å². The molecule has 4 aromatic carbocycles. The van der Waals surface area contributed by atoms with Crippen LogP contribution in [0, 0.1) is 6.92 Å². The largest absolute Gasteiger partial charge is 0.358 e. The molecule has 0 spiro atoms. The average Bonchev–Trinajstić information content (AvgIpc) is 3.03. The molecule has 0 atom stereocenters. The maximum absolute atomic E-state index is 13.1. The first kappa shape index (κ1) is 30.3. The summed E-state index contributed by atoms with van der Waals surface area (Å²) in [6.07, 6.45) is 1.05. The number of oxime groups is 2. The van der Waals surface area contributed by atoms with Crippen LogP contribution in [0.15, 0.2) is 120 Å². The van der Waals surface area contributed by atoms with E-state index in [-0.39, 0.29) is 5.78 Å². The molecule has 0 aromatic heterocycles. The summed E-state index contributed by atoms with van der Waals surface area (Å²) in [5.41, 5.74) is 7.41. The number of hydrogen-bond donors (Lipinski definition) is 0. The van der Waals surface area contributed by atoms with Crippen molar-refractivity contribution in [1.29, 1.82) is 0 Å². The van der Waals surface area contributed by atoms with Crippen molar-refractivity contribution in [3.05, 3.63) is 138 Å². The maximum atomic E-state index is 13.1. The third kappa shape index (κ3) is 7.77. The number of ketones is 1. The molecule has 0 saturated carbocycles. The van der Waals surface area contributed by atoms with Crippen LogP contribution in [0.1, 0.15) is 53.4 Å². The molecule has 4 rings (SSSR count). The molecule has 43 heavy (non-hydrogen) atoms. The average molecular weight is 574 g/mol. The monoisotopic (exact) mass is 573 g/mol. The second-order valence-corrected chi connectivity index (χ2v) is 9.73. The maximum Gasteiger partial charge on any atom is 0.358 e. The van der Waals surface area contributed by atoms with Gasteiger partial charge in [0, 0.05) is 41.2 Å². The second-order valence-electron chi connectivity index (χ2n) is 9.73. The first-order valence-corrected chi connectivity index (χ1v) is 13.5. The number of anilines is 3. The summed E-state index contributed by atoms with van der Waals surface area (Å²) in [7, 11) is 0. The molecule has 216 valence electrons. The molecule has 0 aliphatic rings. The lowest BCUT2D eigenvalue weighted by molar-refractivity contribution is -0.141. The number of carbonyl (C=O) groups is 3. The minimum Gasteiger partial charge on any atom is -0.318 e. The Morgan fingerprint density at radius 2 is 1.12 bits per heavy atom. The highest BCUT2D eigenvalue weighted by Gasteiger charge is 2.16. The minimum atomic E-state index is -0.636. The molecular weight excluding hydrogens is 542 g/mol. The minimum absolute atomic E-state index is 0.0510. The van der Waals surface area contributed by atoms with Crippen molar-refractivity contribution < 1.29 is 24.1 Å². The Balaban J connectivity index is 1.69. The van der Waals surface area contributed by atoms with Crippen LogP contribution in [-0.2, 0) is 19.3 Å². The van der Waals surface area contributed by atoms with E-state index in [4.69, 9.17) is 9.68 Å². The van der Waals surface area contributed by atoms with E-state index < -0.39 is 11.9 Å². The first-order chi connectivity index (χ1) is 20.7. The fourth-order valence-electron chi connectivity index (χ4n) is 4.25. The Kier molecular flexibility index (Phi) is 9.75. The lowest BCUT2D eigenvalue weighted by Crippen LogP contribution is -2.11. The molecule has 0 N–H and O–H groups in total. The van der Waals surface area contributed by atoms with Crippen LogP contribution >= 0.6 is 0 Å². The quantitative estimate of drug-likeness (QED) is 0.0643. The third-order valence-electron chi connectivity index (χ3n) is 6.50. The summed E-state index contributed by atoms with van der Waals surface area (Å²) in [6, 6.07) is 30.2. The summed E-state index contributed by atoms with van der Waals surface area (Å²) in [5, 5.41) is 7.74. The van der Waals surface area contributed by atoms with Crippen molar-refractivity contribution in [2.24, 2.45) is 10.3 Å². The summed E-state index contributed by atoms with van der Waals surface area (Å²) >= 11 is 0. The number of aryl methyl sites for hydroxylation is 1. The van der Waals surface area contributed by atoms with E-state index in [1.54, 1.807) is 13.8 Å². The zero-order chi connectivity index (χ0) is 30.9. The third-order valence-corrected chi connectivity index (χ3v) is 6.50. The molecule has 0 aliphatic heterocycles. The van der Waals surface area contributed by atoms with E-state index in [2.05, 4.69) is 16.9 Å². The van der Waals surface area contributed by atoms with Gasteiger partial charge in [-0.05, 0) is 86.5 Å². The summed E-state index contributed by atoms with van der Waals surface area (Å²) < 4.78 is 0. The number of hydrogen-bond acceptors (Lipinski definition) is 8. The molecule has 0 radical (unpaired) electrons. The zero-order valence-electron chi connectivity index (χ0n) is 24.4. The molecule has 0 bridgehead atoms. The van der Waals surface area contributed by atoms with E-state index in [9.17, 15) is 14.4 Å². The highest BCUT2D eigenvalue weighted by molar-refractivity contribution is 6.09. The molecule has 0 amide bonds. The van der Waals surface area contributed by atoms with Crippen molar-refractivity contribution in [1.82, 2.24) is 0 Å². The number of rotatable bonds is 10. The van der Waals surface area contributed by atoms with Crippen molar-refractivity contribution in [2.75, 3.05) is 4.90 Å².